The highest BCUT2D eigenvalue weighted by molar-refractivity contribution is 7.99. The third-order valence-electron chi connectivity index (χ3n) is 4.80. The molecule has 0 saturated heterocycles. The summed E-state index contributed by atoms with van der Waals surface area (Å²) >= 11 is 13.5. The number of carbonyl (C=O) groups excluding carboxylic acids is 1. The summed E-state index contributed by atoms with van der Waals surface area (Å²) in [6, 6.07) is 11.4. The lowest BCUT2D eigenvalue weighted by Gasteiger charge is -2.14. The van der Waals surface area contributed by atoms with Crippen LogP contribution >= 0.6 is 35.0 Å². The van der Waals surface area contributed by atoms with Crippen molar-refractivity contribution in [3.8, 4) is 11.4 Å². The average Bonchev–Trinajstić information content (AvgIpc) is 3.17. The fourth-order valence-corrected chi connectivity index (χ4v) is 4.29. The highest BCUT2D eigenvalue weighted by Crippen LogP contribution is 2.30. The van der Waals surface area contributed by atoms with Crippen LogP contribution < -0.4 is 5.32 Å². The summed E-state index contributed by atoms with van der Waals surface area (Å²) in [6.45, 7) is 8.50. The Kier molecular flexibility index (Phi) is 8.18. The Hall–Kier alpha value is -2.28. The zero-order valence-electron chi connectivity index (χ0n) is 17.5. The van der Waals surface area contributed by atoms with Gasteiger partial charge in [0, 0.05) is 17.8 Å². The number of thioether (sulfide) groups is 1. The zero-order valence-corrected chi connectivity index (χ0v) is 19.8. The number of anilines is 1. The lowest BCUT2D eigenvalue weighted by Crippen LogP contribution is -2.17. The lowest BCUT2D eigenvalue weighted by atomic mass is 10.0. The van der Waals surface area contributed by atoms with Gasteiger partial charge in [0.1, 0.15) is 0 Å². The first-order valence-electron chi connectivity index (χ1n) is 10.0. The number of carbonyl (C=O) groups is 1. The van der Waals surface area contributed by atoms with E-state index >= 15 is 0 Å². The van der Waals surface area contributed by atoms with Gasteiger partial charge in [0.25, 0.3) is 0 Å². The Morgan fingerprint density at radius 1 is 1.13 bits per heavy atom. The molecule has 162 valence electrons. The molecular formula is C23H24Cl2N4OS. The van der Waals surface area contributed by atoms with Crippen LogP contribution in [0.15, 0.2) is 54.2 Å². The van der Waals surface area contributed by atoms with Crippen molar-refractivity contribution in [1.29, 1.82) is 0 Å². The fraction of sp³-hybridized carbons (Fsp3) is 0.261. The molecule has 1 heterocycles. The second kappa shape index (κ2) is 10.8. The minimum atomic E-state index is -0.0789. The summed E-state index contributed by atoms with van der Waals surface area (Å²) in [7, 11) is 0. The zero-order chi connectivity index (χ0) is 22.4. The van der Waals surface area contributed by atoms with Gasteiger partial charge in [0.05, 0.1) is 15.8 Å². The van der Waals surface area contributed by atoms with Gasteiger partial charge in [-0.15, -0.1) is 16.8 Å². The van der Waals surface area contributed by atoms with E-state index in [0.717, 1.165) is 35.2 Å². The van der Waals surface area contributed by atoms with Crippen molar-refractivity contribution in [2.45, 2.75) is 38.4 Å². The predicted molar refractivity (Wildman–Crippen MR) is 130 cm³/mol. The number of amides is 1. The van der Waals surface area contributed by atoms with Crippen LogP contribution in [-0.2, 0) is 24.2 Å². The van der Waals surface area contributed by atoms with Gasteiger partial charge in [-0.3, -0.25) is 9.36 Å². The quantitative estimate of drug-likeness (QED) is 0.292. The number of hydrogen-bond acceptors (Lipinski definition) is 4. The molecule has 0 radical (unpaired) electrons. The molecule has 5 nitrogen and oxygen atoms in total. The fourth-order valence-electron chi connectivity index (χ4n) is 3.25. The van der Waals surface area contributed by atoms with Gasteiger partial charge < -0.3 is 5.32 Å². The van der Waals surface area contributed by atoms with Crippen molar-refractivity contribution in [3.63, 3.8) is 0 Å². The molecule has 0 aliphatic heterocycles. The number of allylic oxidation sites excluding steroid dienone is 1. The van der Waals surface area contributed by atoms with Gasteiger partial charge in [0.2, 0.25) is 5.91 Å². The van der Waals surface area contributed by atoms with Crippen LogP contribution in [0.25, 0.3) is 11.4 Å². The molecule has 0 fully saturated rings. The second-order valence-corrected chi connectivity index (χ2v) is 8.59. The van der Waals surface area contributed by atoms with E-state index in [1.54, 1.807) is 18.2 Å². The third-order valence-corrected chi connectivity index (χ3v) is 6.51. The standard InChI is InChI=1S/C23H24Cl2N4OS/c1-4-12-29-22(17-10-11-18(24)19(25)13-17)27-28-23(29)31-14-20(30)26-21-15(5-2)8-7-9-16(21)6-3/h4,7-11,13H,1,5-6,12,14H2,2-3H3,(H,26,30). The lowest BCUT2D eigenvalue weighted by molar-refractivity contribution is -0.113. The maximum atomic E-state index is 12.7. The third kappa shape index (κ3) is 5.50. The van der Waals surface area contributed by atoms with Crippen LogP contribution in [-0.4, -0.2) is 26.4 Å². The minimum absolute atomic E-state index is 0.0789. The molecule has 8 heteroatoms. The predicted octanol–water partition coefficient (Wildman–Crippen LogP) is 6.29. The summed E-state index contributed by atoms with van der Waals surface area (Å²) in [5.74, 6) is 0.786. The Morgan fingerprint density at radius 3 is 2.45 bits per heavy atom. The number of aryl methyl sites for hydroxylation is 2. The van der Waals surface area contributed by atoms with Crippen LogP contribution in [0, 0.1) is 0 Å². The molecule has 2 aromatic carbocycles. The summed E-state index contributed by atoms with van der Waals surface area (Å²) in [6.07, 6.45) is 3.48. The van der Waals surface area contributed by atoms with Crippen LogP contribution in [0.3, 0.4) is 0 Å². The van der Waals surface area contributed by atoms with Gasteiger partial charge in [-0.1, -0.05) is 73.1 Å². The monoisotopic (exact) mass is 474 g/mol. The van der Waals surface area contributed by atoms with E-state index in [1.165, 1.54) is 11.8 Å². The van der Waals surface area contributed by atoms with Crippen molar-refractivity contribution >= 4 is 46.6 Å². The molecule has 1 aromatic heterocycles. The average molecular weight is 475 g/mol. The number of para-hydroxylation sites is 1. The number of benzene rings is 2. The first-order chi connectivity index (χ1) is 15.0. The van der Waals surface area contributed by atoms with Crippen molar-refractivity contribution in [3.05, 3.63) is 70.2 Å². The van der Waals surface area contributed by atoms with E-state index < -0.39 is 0 Å². The van der Waals surface area contributed by atoms with E-state index in [2.05, 4.69) is 35.9 Å². The summed E-state index contributed by atoms with van der Waals surface area (Å²) in [5, 5.41) is 13.2. The molecule has 0 spiro atoms. The van der Waals surface area contributed by atoms with Gasteiger partial charge in [-0.2, -0.15) is 0 Å². The van der Waals surface area contributed by atoms with E-state index in [9.17, 15) is 4.79 Å². The number of nitrogens with one attached hydrogen (secondary N) is 1. The Morgan fingerprint density at radius 2 is 1.84 bits per heavy atom. The molecular weight excluding hydrogens is 451 g/mol. The topological polar surface area (TPSA) is 59.8 Å². The maximum absolute atomic E-state index is 12.7. The summed E-state index contributed by atoms with van der Waals surface area (Å²) in [5.41, 5.74) is 3.98. The molecule has 0 aliphatic carbocycles. The minimum Gasteiger partial charge on any atom is -0.325 e. The number of hydrogen-bond donors (Lipinski definition) is 1. The van der Waals surface area contributed by atoms with E-state index in [4.69, 9.17) is 23.2 Å². The van der Waals surface area contributed by atoms with Crippen molar-refractivity contribution in [1.82, 2.24) is 14.8 Å². The second-order valence-electron chi connectivity index (χ2n) is 6.83. The van der Waals surface area contributed by atoms with Crippen molar-refractivity contribution in [2.24, 2.45) is 0 Å². The van der Waals surface area contributed by atoms with Gasteiger partial charge in [-0.25, -0.2) is 0 Å². The van der Waals surface area contributed by atoms with Crippen molar-refractivity contribution in [2.75, 3.05) is 11.1 Å². The molecule has 0 saturated carbocycles. The summed E-state index contributed by atoms with van der Waals surface area (Å²) in [4.78, 5) is 12.7. The van der Waals surface area contributed by atoms with Crippen molar-refractivity contribution < 1.29 is 4.79 Å². The van der Waals surface area contributed by atoms with Gasteiger partial charge in [-0.05, 0) is 42.2 Å². The number of rotatable bonds is 9. The number of aromatic nitrogens is 3. The maximum Gasteiger partial charge on any atom is 0.234 e. The van der Waals surface area contributed by atoms with Crippen LogP contribution in [0.1, 0.15) is 25.0 Å². The largest absolute Gasteiger partial charge is 0.325 e. The molecule has 0 aliphatic rings. The van der Waals surface area contributed by atoms with E-state index in [0.29, 0.717) is 27.6 Å². The molecule has 1 amide bonds. The molecule has 0 unspecified atom stereocenters. The van der Waals surface area contributed by atoms with Gasteiger partial charge in [0.15, 0.2) is 11.0 Å². The summed E-state index contributed by atoms with van der Waals surface area (Å²) < 4.78 is 1.90. The van der Waals surface area contributed by atoms with E-state index in [-0.39, 0.29) is 11.7 Å². The molecule has 0 bridgehead atoms. The Bertz CT molecular complexity index is 1070. The first kappa shape index (κ1) is 23.4. The highest BCUT2D eigenvalue weighted by atomic mass is 35.5. The molecule has 3 rings (SSSR count). The van der Waals surface area contributed by atoms with Crippen LogP contribution in [0.5, 0.6) is 0 Å². The normalized spacial score (nSPS) is 10.8. The molecule has 1 N–H and O–H groups in total. The Labute approximate surface area is 196 Å². The Balaban J connectivity index is 1.78. The molecule has 31 heavy (non-hydrogen) atoms. The van der Waals surface area contributed by atoms with Crippen LogP contribution in [0.4, 0.5) is 5.69 Å². The molecule has 0 atom stereocenters. The van der Waals surface area contributed by atoms with Crippen LogP contribution in [0.2, 0.25) is 10.0 Å². The molecule has 3 aromatic rings. The SMILES string of the molecule is C=CCn1c(SCC(=O)Nc2c(CC)cccc2CC)nnc1-c1ccc(Cl)c(Cl)c1. The highest BCUT2D eigenvalue weighted by Gasteiger charge is 2.17. The first-order valence-corrected chi connectivity index (χ1v) is 11.8. The van der Waals surface area contributed by atoms with Gasteiger partial charge >= 0.3 is 0 Å². The number of halogens is 2. The number of nitrogens with zero attached hydrogens (tertiary/aromatic N) is 3. The smallest absolute Gasteiger partial charge is 0.234 e. The van der Waals surface area contributed by atoms with E-state index in [1.807, 2.05) is 28.8 Å².